The summed E-state index contributed by atoms with van der Waals surface area (Å²) >= 11 is 0. The third-order valence-electron chi connectivity index (χ3n) is 5.96. The van der Waals surface area contributed by atoms with Gasteiger partial charge in [0.15, 0.2) is 0 Å². The number of likely N-dealkylation sites (tertiary alicyclic amines) is 1. The van der Waals surface area contributed by atoms with Crippen molar-refractivity contribution >= 4 is 5.91 Å². The topological polar surface area (TPSA) is 59.4 Å². The molecule has 1 saturated heterocycles. The summed E-state index contributed by atoms with van der Waals surface area (Å²) in [7, 11) is 1.56. The minimum Gasteiger partial charge on any atom is -0.495 e. The molecule has 9 heteroatoms. The van der Waals surface area contributed by atoms with Crippen LogP contribution in [0, 0.1) is 6.92 Å². The maximum absolute atomic E-state index is 12.9. The smallest absolute Gasteiger partial charge is 0.416 e. The molecule has 6 nitrogen and oxygen atoms in total. The molecule has 1 aliphatic rings. The van der Waals surface area contributed by atoms with E-state index in [0.717, 1.165) is 48.5 Å². The Balaban J connectivity index is 1.38. The van der Waals surface area contributed by atoms with Gasteiger partial charge in [0.1, 0.15) is 5.75 Å². The van der Waals surface area contributed by atoms with Gasteiger partial charge in [-0.2, -0.15) is 13.2 Å². The third-order valence-corrected chi connectivity index (χ3v) is 5.96. The van der Waals surface area contributed by atoms with Crippen molar-refractivity contribution in [2.45, 2.75) is 38.5 Å². The van der Waals surface area contributed by atoms with E-state index in [4.69, 9.17) is 4.74 Å². The van der Waals surface area contributed by atoms with Gasteiger partial charge >= 0.3 is 6.18 Å². The second-order valence-electron chi connectivity index (χ2n) is 8.55. The number of aromatic nitrogens is 2. The summed E-state index contributed by atoms with van der Waals surface area (Å²) in [6.07, 6.45) is 0.981. The van der Waals surface area contributed by atoms with Crippen LogP contribution in [0.1, 0.15) is 40.0 Å². The number of rotatable bonds is 6. The zero-order valence-corrected chi connectivity index (χ0v) is 19.1. The van der Waals surface area contributed by atoms with E-state index in [1.165, 1.54) is 12.1 Å². The van der Waals surface area contributed by atoms with Crippen LogP contribution in [-0.2, 0) is 12.7 Å². The van der Waals surface area contributed by atoms with Gasteiger partial charge in [0, 0.05) is 30.9 Å². The summed E-state index contributed by atoms with van der Waals surface area (Å²) in [5, 5.41) is 3.09. The van der Waals surface area contributed by atoms with Crippen LogP contribution >= 0.6 is 0 Å². The number of carbonyl (C=O) groups is 1. The van der Waals surface area contributed by atoms with E-state index < -0.39 is 11.7 Å². The molecule has 1 aromatic heterocycles. The lowest BCUT2D eigenvalue weighted by Crippen LogP contribution is -2.47. The molecule has 0 radical (unpaired) electrons. The first-order valence-corrected chi connectivity index (χ1v) is 11.1. The molecular weight excluding hydrogens is 445 g/mol. The minimum atomic E-state index is -4.34. The van der Waals surface area contributed by atoms with Gasteiger partial charge in [0.05, 0.1) is 30.4 Å². The fraction of sp³-hybridized carbons (Fsp3) is 0.360. The molecule has 1 atom stereocenters. The van der Waals surface area contributed by atoms with Gasteiger partial charge in [-0.1, -0.05) is 12.1 Å². The van der Waals surface area contributed by atoms with Crippen LogP contribution in [0.3, 0.4) is 0 Å². The van der Waals surface area contributed by atoms with E-state index in [9.17, 15) is 18.0 Å². The van der Waals surface area contributed by atoms with Crippen LogP contribution in [0.5, 0.6) is 5.75 Å². The first-order valence-electron chi connectivity index (χ1n) is 11.1. The predicted molar refractivity (Wildman–Crippen MR) is 122 cm³/mol. The Kier molecular flexibility index (Phi) is 6.92. The monoisotopic (exact) mass is 472 g/mol. The second kappa shape index (κ2) is 9.89. The van der Waals surface area contributed by atoms with E-state index in [2.05, 4.69) is 15.2 Å². The van der Waals surface area contributed by atoms with Crippen molar-refractivity contribution in [2.24, 2.45) is 0 Å². The van der Waals surface area contributed by atoms with Crippen LogP contribution in [0.15, 0.2) is 55.0 Å². The highest BCUT2D eigenvalue weighted by Gasteiger charge is 2.30. The van der Waals surface area contributed by atoms with Gasteiger partial charge in [0.2, 0.25) is 0 Å². The van der Waals surface area contributed by atoms with Crippen molar-refractivity contribution < 1.29 is 22.7 Å². The first kappa shape index (κ1) is 23.8. The summed E-state index contributed by atoms with van der Waals surface area (Å²) in [4.78, 5) is 19.3. The van der Waals surface area contributed by atoms with Crippen molar-refractivity contribution in [3.8, 4) is 11.4 Å². The minimum absolute atomic E-state index is 0.0438. The lowest BCUT2D eigenvalue weighted by molar-refractivity contribution is -0.137. The highest BCUT2D eigenvalue weighted by molar-refractivity contribution is 5.95. The molecule has 1 aliphatic heterocycles. The van der Waals surface area contributed by atoms with Gasteiger partial charge in [-0.05, 0) is 62.2 Å². The van der Waals surface area contributed by atoms with Crippen LogP contribution < -0.4 is 10.1 Å². The number of nitrogens with zero attached hydrogens (tertiary/aromatic N) is 3. The predicted octanol–water partition coefficient (Wildman–Crippen LogP) is 4.60. The van der Waals surface area contributed by atoms with Crippen LogP contribution in [0.2, 0.25) is 0 Å². The molecule has 34 heavy (non-hydrogen) atoms. The molecule has 0 bridgehead atoms. The fourth-order valence-electron chi connectivity index (χ4n) is 4.23. The largest absolute Gasteiger partial charge is 0.495 e. The summed E-state index contributed by atoms with van der Waals surface area (Å²) in [6.45, 7) is 3.91. The van der Waals surface area contributed by atoms with Crippen molar-refractivity contribution in [1.82, 2.24) is 19.8 Å². The van der Waals surface area contributed by atoms with Gasteiger partial charge in [-0.25, -0.2) is 4.98 Å². The SMILES string of the molecule is COc1cc(C(=O)N[C@@H]2CCCN(Cc3ccc(C(F)(F)F)cc3)C2)ccc1-n1cnc(C)c1. The summed E-state index contributed by atoms with van der Waals surface area (Å²) in [6, 6.07) is 10.5. The molecule has 1 N–H and O–H groups in total. The zero-order chi connectivity index (χ0) is 24.3. The van der Waals surface area contributed by atoms with Gasteiger partial charge in [-0.3, -0.25) is 9.69 Å². The number of piperidine rings is 1. The molecular formula is C25H27F3N4O2. The molecule has 2 heterocycles. The lowest BCUT2D eigenvalue weighted by atomic mass is 10.0. The number of carbonyl (C=O) groups excluding carboxylic acids is 1. The van der Waals surface area contributed by atoms with E-state index in [1.54, 1.807) is 25.6 Å². The number of amides is 1. The second-order valence-corrected chi connectivity index (χ2v) is 8.55. The normalized spacial score (nSPS) is 16.9. The number of nitrogens with one attached hydrogen (secondary N) is 1. The van der Waals surface area contributed by atoms with Crippen molar-refractivity contribution in [1.29, 1.82) is 0 Å². The molecule has 0 aliphatic carbocycles. The molecule has 2 aromatic carbocycles. The highest BCUT2D eigenvalue weighted by atomic mass is 19.4. The molecule has 1 fully saturated rings. The molecule has 1 amide bonds. The number of benzene rings is 2. The van der Waals surface area contributed by atoms with Gasteiger partial charge in [0.25, 0.3) is 5.91 Å². The fourth-order valence-corrected chi connectivity index (χ4v) is 4.23. The number of hydrogen-bond acceptors (Lipinski definition) is 4. The molecule has 3 aromatic rings. The number of ether oxygens (including phenoxy) is 1. The summed E-state index contributed by atoms with van der Waals surface area (Å²) < 4.78 is 45.7. The average Bonchev–Trinajstić information content (AvgIpc) is 3.24. The molecule has 4 rings (SSSR count). The van der Waals surface area contributed by atoms with E-state index in [0.29, 0.717) is 24.4 Å². The number of methoxy groups -OCH3 is 1. The Bertz CT molecular complexity index is 1140. The average molecular weight is 473 g/mol. The maximum Gasteiger partial charge on any atom is 0.416 e. The lowest BCUT2D eigenvalue weighted by Gasteiger charge is -2.33. The Hall–Kier alpha value is -3.33. The Labute approximate surface area is 196 Å². The number of alkyl halides is 3. The first-order chi connectivity index (χ1) is 16.2. The Morgan fingerprint density at radius 2 is 1.97 bits per heavy atom. The standard InChI is InChI=1S/C25H27F3N4O2/c1-17-13-32(16-29-17)22-10-7-19(12-23(22)34-2)24(33)30-21-4-3-11-31(15-21)14-18-5-8-20(9-6-18)25(26,27)28/h5-10,12-13,16,21H,3-4,11,14-15H2,1-2H3,(H,30,33)/t21-/m1/s1. The maximum atomic E-state index is 12.9. The van der Waals surface area contributed by atoms with Gasteiger partial charge < -0.3 is 14.6 Å². The van der Waals surface area contributed by atoms with E-state index >= 15 is 0 Å². The number of aryl methyl sites for hydroxylation is 1. The molecule has 0 unspecified atom stereocenters. The third kappa shape index (κ3) is 5.59. The number of halogens is 3. The van der Waals surface area contributed by atoms with Crippen molar-refractivity contribution in [3.63, 3.8) is 0 Å². The quantitative estimate of drug-likeness (QED) is 0.570. The van der Waals surface area contributed by atoms with E-state index in [1.807, 2.05) is 23.8 Å². The number of imidazole rings is 1. The molecule has 0 spiro atoms. The molecule has 0 saturated carbocycles. The highest BCUT2D eigenvalue weighted by Crippen LogP contribution is 2.29. The zero-order valence-electron chi connectivity index (χ0n) is 19.1. The Morgan fingerprint density at radius 3 is 2.62 bits per heavy atom. The van der Waals surface area contributed by atoms with Crippen LogP contribution in [0.25, 0.3) is 5.69 Å². The van der Waals surface area contributed by atoms with Gasteiger partial charge in [-0.15, -0.1) is 0 Å². The van der Waals surface area contributed by atoms with Crippen LogP contribution in [-0.4, -0.2) is 46.6 Å². The molecule has 180 valence electrons. The number of hydrogen-bond donors (Lipinski definition) is 1. The van der Waals surface area contributed by atoms with Crippen molar-refractivity contribution in [3.05, 3.63) is 77.4 Å². The van der Waals surface area contributed by atoms with E-state index in [-0.39, 0.29) is 11.9 Å². The summed E-state index contributed by atoms with van der Waals surface area (Å²) in [5.74, 6) is 0.380. The van der Waals surface area contributed by atoms with Crippen LogP contribution in [0.4, 0.5) is 13.2 Å². The summed E-state index contributed by atoms with van der Waals surface area (Å²) in [5.41, 5.74) is 2.33. The Morgan fingerprint density at radius 1 is 1.21 bits per heavy atom. The van der Waals surface area contributed by atoms with Crippen molar-refractivity contribution in [2.75, 3.05) is 20.2 Å².